The quantitative estimate of drug-likeness (QED) is 0.669. The predicted octanol–water partition coefficient (Wildman–Crippen LogP) is 5.39. The standard InChI is InChI=1S/C12H11Br3N2S/c1-7-11(18-6-17-7)2-3-16-12-9(14)4-8(13)5-10(12)15/h4-6,16H,2-3H2,1H3. The number of aryl methyl sites for hydroxylation is 1. The molecular weight excluding hydrogens is 444 g/mol. The molecule has 0 aliphatic carbocycles. The molecule has 0 amide bonds. The minimum atomic E-state index is 0.891. The van der Waals surface area contributed by atoms with Crippen LogP contribution in [0.25, 0.3) is 0 Å². The van der Waals surface area contributed by atoms with Crippen LogP contribution in [-0.2, 0) is 6.42 Å². The molecule has 0 aliphatic rings. The van der Waals surface area contributed by atoms with E-state index in [0.29, 0.717) is 0 Å². The van der Waals surface area contributed by atoms with Crippen LogP contribution in [0.4, 0.5) is 5.69 Å². The van der Waals surface area contributed by atoms with Crippen molar-refractivity contribution in [3.05, 3.63) is 41.6 Å². The van der Waals surface area contributed by atoms with Gasteiger partial charge in [0.2, 0.25) is 0 Å². The van der Waals surface area contributed by atoms with Crippen molar-refractivity contribution in [2.24, 2.45) is 0 Å². The topological polar surface area (TPSA) is 24.9 Å². The maximum absolute atomic E-state index is 4.26. The van der Waals surface area contributed by atoms with Gasteiger partial charge in [0.25, 0.3) is 0 Å². The van der Waals surface area contributed by atoms with Crippen molar-refractivity contribution >= 4 is 64.8 Å². The molecule has 0 spiro atoms. The third-order valence-electron chi connectivity index (χ3n) is 2.51. The lowest BCUT2D eigenvalue weighted by atomic mass is 10.3. The van der Waals surface area contributed by atoms with Gasteiger partial charge in [0.05, 0.1) is 16.9 Å². The Morgan fingerprint density at radius 3 is 2.44 bits per heavy atom. The largest absolute Gasteiger partial charge is 0.383 e. The second-order valence-corrected chi connectivity index (χ2v) is 7.35. The first kappa shape index (κ1) is 14.5. The van der Waals surface area contributed by atoms with E-state index in [2.05, 4.69) is 65.0 Å². The molecule has 2 nitrogen and oxygen atoms in total. The molecule has 96 valence electrons. The van der Waals surface area contributed by atoms with Gasteiger partial charge in [-0.05, 0) is 50.9 Å². The lowest BCUT2D eigenvalue weighted by Gasteiger charge is -2.11. The summed E-state index contributed by atoms with van der Waals surface area (Å²) in [5, 5.41) is 3.44. The van der Waals surface area contributed by atoms with Crippen LogP contribution in [0.1, 0.15) is 10.6 Å². The van der Waals surface area contributed by atoms with E-state index in [1.807, 2.05) is 17.6 Å². The molecule has 2 rings (SSSR count). The Morgan fingerprint density at radius 1 is 1.22 bits per heavy atom. The molecule has 1 aromatic carbocycles. The summed E-state index contributed by atoms with van der Waals surface area (Å²) >= 11 is 12.3. The van der Waals surface area contributed by atoms with Crippen molar-refractivity contribution < 1.29 is 0 Å². The van der Waals surface area contributed by atoms with Crippen LogP contribution in [-0.4, -0.2) is 11.5 Å². The zero-order valence-electron chi connectivity index (χ0n) is 9.64. The van der Waals surface area contributed by atoms with Crippen LogP contribution < -0.4 is 5.32 Å². The van der Waals surface area contributed by atoms with Crippen LogP contribution in [0.3, 0.4) is 0 Å². The first-order valence-corrected chi connectivity index (χ1v) is 8.61. The number of thiazole rings is 1. The highest BCUT2D eigenvalue weighted by Crippen LogP contribution is 2.34. The third kappa shape index (κ3) is 3.56. The van der Waals surface area contributed by atoms with Gasteiger partial charge in [-0.2, -0.15) is 0 Å². The van der Waals surface area contributed by atoms with Crippen LogP contribution in [0.15, 0.2) is 31.1 Å². The summed E-state index contributed by atoms with van der Waals surface area (Å²) in [6.45, 7) is 2.94. The first-order valence-electron chi connectivity index (χ1n) is 5.35. The Morgan fingerprint density at radius 2 is 1.89 bits per heavy atom. The van der Waals surface area contributed by atoms with Gasteiger partial charge in [-0.15, -0.1) is 11.3 Å². The number of nitrogens with zero attached hydrogens (tertiary/aromatic N) is 1. The van der Waals surface area contributed by atoms with E-state index in [0.717, 1.165) is 37.8 Å². The number of benzene rings is 1. The van der Waals surface area contributed by atoms with Crippen molar-refractivity contribution in [1.82, 2.24) is 4.98 Å². The molecule has 0 unspecified atom stereocenters. The number of nitrogens with one attached hydrogen (secondary N) is 1. The minimum absolute atomic E-state index is 0.891. The molecule has 0 bridgehead atoms. The van der Waals surface area contributed by atoms with Crippen LogP contribution in [0.2, 0.25) is 0 Å². The third-order valence-corrected chi connectivity index (χ3v) is 5.21. The molecule has 1 aromatic heterocycles. The van der Waals surface area contributed by atoms with E-state index < -0.39 is 0 Å². The molecular formula is C12H11Br3N2S. The van der Waals surface area contributed by atoms with Crippen molar-refractivity contribution in [2.45, 2.75) is 13.3 Å². The van der Waals surface area contributed by atoms with Crippen molar-refractivity contribution in [2.75, 3.05) is 11.9 Å². The Kier molecular flexibility index (Phi) is 5.24. The van der Waals surface area contributed by atoms with Gasteiger partial charge in [-0.1, -0.05) is 15.9 Å². The fourth-order valence-electron chi connectivity index (χ4n) is 1.58. The fraction of sp³-hybridized carbons (Fsp3) is 0.250. The number of halogens is 3. The summed E-state index contributed by atoms with van der Waals surface area (Å²) in [4.78, 5) is 5.59. The SMILES string of the molecule is Cc1ncsc1CCNc1c(Br)cc(Br)cc1Br. The maximum Gasteiger partial charge on any atom is 0.0797 e. The molecule has 0 saturated carbocycles. The highest BCUT2D eigenvalue weighted by atomic mass is 79.9. The van der Waals surface area contributed by atoms with Crippen molar-refractivity contribution in [1.29, 1.82) is 0 Å². The zero-order chi connectivity index (χ0) is 13.1. The summed E-state index contributed by atoms with van der Waals surface area (Å²) in [7, 11) is 0. The molecule has 0 atom stereocenters. The Labute approximate surface area is 136 Å². The van der Waals surface area contributed by atoms with Gasteiger partial charge in [-0.25, -0.2) is 4.98 Å². The monoisotopic (exact) mass is 452 g/mol. The summed E-state index contributed by atoms with van der Waals surface area (Å²) < 4.78 is 3.14. The number of aromatic nitrogens is 1. The minimum Gasteiger partial charge on any atom is -0.383 e. The average Bonchev–Trinajstić information content (AvgIpc) is 2.68. The smallest absolute Gasteiger partial charge is 0.0797 e. The Hall–Kier alpha value is 0.0900. The molecule has 2 aromatic rings. The van der Waals surface area contributed by atoms with Crippen molar-refractivity contribution in [3.63, 3.8) is 0 Å². The molecule has 1 N–H and O–H groups in total. The van der Waals surface area contributed by atoms with Gasteiger partial charge in [0.15, 0.2) is 0 Å². The molecule has 6 heteroatoms. The molecule has 0 fully saturated rings. The van der Waals surface area contributed by atoms with E-state index >= 15 is 0 Å². The summed E-state index contributed by atoms with van der Waals surface area (Å²) in [6.07, 6.45) is 0.992. The maximum atomic E-state index is 4.26. The number of hydrogen-bond donors (Lipinski definition) is 1. The number of anilines is 1. The number of hydrogen-bond acceptors (Lipinski definition) is 3. The zero-order valence-corrected chi connectivity index (χ0v) is 15.2. The lowest BCUT2D eigenvalue weighted by molar-refractivity contribution is 1.01. The molecule has 0 aliphatic heterocycles. The highest BCUT2D eigenvalue weighted by molar-refractivity contribution is 9.11. The normalized spacial score (nSPS) is 10.7. The van der Waals surface area contributed by atoms with E-state index in [9.17, 15) is 0 Å². The van der Waals surface area contributed by atoms with E-state index in [4.69, 9.17) is 0 Å². The first-order chi connectivity index (χ1) is 8.58. The fourth-order valence-corrected chi connectivity index (χ4v) is 4.90. The van der Waals surface area contributed by atoms with Gasteiger partial charge >= 0.3 is 0 Å². The van der Waals surface area contributed by atoms with Crippen LogP contribution >= 0.6 is 59.1 Å². The lowest BCUT2D eigenvalue weighted by Crippen LogP contribution is -2.06. The predicted molar refractivity (Wildman–Crippen MR) is 88.6 cm³/mol. The summed E-state index contributed by atoms with van der Waals surface area (Å²) in [6, 6.07) is 4.07. The highest BCUT2D eigenvalue weighted by Gasteiger charge is 2.07. The number of rotatable bonds is 4. The van der Waals surface area contributed by atoms with E-state index in [1.165, 1.54) is 4.88 Å². The summed E-state index contributed by atoms with van der Waals surface area (Å²) in [5.41, 5.74) is 4.12. The van der Waals surface area contributed by atoms with E-state index in [-0.39, 0.29) is 0 Å². The van der Waals surface area contributed by atoms with Crippen molar-refractivity contribution in [3.8, 4) is 0 Å². The van der Waals surface area contributed by atoms with Gasteiger partial charge in [-0.3, -0.25) is 0 Å². The second kappa shape index (κ2) is 6.50. The van der Waals surface area contributed by atoms with Gasteiger partial charge < -0.3 is 5.32 Å². The Bertz CT molecular complexity index is 531. The molecule has 0 radical (unpaired) electrons. The average molecular weight is 455 g/mol. The van der Waals surface area contributed by atoms with E-state index in [1.54, 1.807) is 11.3 Å². The molecule has 0 saturated heterocycles. The Balaban J connectivity index is 2.01. The van der Waals surface area contributed by atoms with Gasteiger partial charge in [0.1, 0.15) is 0 Å². The molecule has 1 heterocycles. The van der Waals surface area contributed by atoms with Crippen LogP contribution in [0, 0.1) is 6.92 Å². The summed E-state index contributed by atoms with van der Waals surface area (Å²) in [5.74, 6) is 0. The van der Waals surface area contributed by atoms with Gasteiger partial charge in [0, 0.05) is 31.3 Å². The van der Waals surface area contributed by atoms with Crippen LogP contribution in [0.5, 0.6) is 0 Å². The second-order valence-electron chi connectivity index (χ2n) is 3.78. The molecule has 18 heavy (non-hydrogen) atoms.